The van der Waals surface area contributed by atoms with Gasteiger partial charge in [0.05, 0.1) is 11.8 Å². The molecule has 0 aromatic carbocycles. The van der Waals surface area contributed by atoms with Crippen LogP contribution >= 0.6 is 23.1 Å². The summed E-state index contributed by atoms with van der Waals surface area (Å²) in [5.41, 5.74) is 0.764. The Morgan fingerprint density at radius 2 is 2.55 bits per heavy atom. The van der Waals surface area contributed by atoms with E-state index in [9.17, 15) is 5.11 Å². The zero-order valence-corrected chi connectivity index (χ0v) is 7.61. The molecule has 0 fully saturated rings. The zero-order valence-electron chi connectivity index (χ0n) is 6.03. The summed E-state index contributed by atoms with van der Waals surface area (Å²) < 4.78 is 4.02. The largest absolute Gasteiger partial charge is 0.387 e. The van der Waals surface area contributed by atoms with Crippen molar-refractivity contribution in [1.82, 2.24) is 4.37 Å². The van der Waals surface area contributed by atoms with Crippen molar-refractivity contribution < 1.29 is 5.11 Å². The highest BCUT2D eigenvalue weighted by Gasteiger charge is 2.07. The third-order valence-corrected chi connectivity index (χ3v) is 2.25. The van der Waals surface area contributed by atoms with Crippen molar-refractivity contribution in [3.63, 3.8) is 0 Å². The van der Waals surface area contributed by atoms with Gasteiger partial charge in [-0.3, -0.25) is 0 Å². The van der Waals surface area contributed by atoms with Crippen molar-refractivity contribution >= 4 is 23.1 Å². The van der Waals surface area contributed by atoms with Gasteiger partial charge in [-0.2, -0.15) is 4.37 Å². The number of aliphatic hydroxyl groups excluding tert-OH is 1. The second-order valence-corrected chi connectivity index (χ2v) is 3.31. The number of aliphatic hydroxyl groups is 1. The molecule has 0 aliphatic rings. The molecular formula is C7H10ClNOS. The van der Waals surface area contributed by atoms with E-state index in [0.29, 0.717) is 12.3 Å². The average molecular weight is 192 g/mol. The predicted octanol–water partition coefficient (Wildman–Crippen LogP) is 2.20. The first-order valence-corrected chi connectivity index (χ1v) is 4.86. The van der Waals surface area contributed by atoms with Crippen LogP contribution in [0.2, 0.25) is 0 Å². The molecule has 1 aromatic heterocycles. The van der Waals surface area contributed by atoms with E-state index in [1.54, 1.807) is 0 Å². The Kier molecular flexibility index (Phi) is 3.83. The molecule has 62 valence electrons. The summed E-state index contributed by atoms with van der Waals surface area (Å²) >= 11 is 6.84. The van der Waals surface area contributed by atoms with Crippen molar-refractivity contribution in [1.29, 1.82) is 0 Å². The molecule has 1 N–H and O–H groups in total. The summed E-state index contributed by atoms with van der Waals surface area (Å²) in [6.07, 6.45) is 1.10. The number of nitrogens with zero attached hydrogens (tertiary/aromatic N) is 1. The van der Waals surface area contributed by atoms with Crippen LogP contribution in [0.1, 0.15) is 24.6 Å². The van der Waals surface area contributed by atoms with Gasteiger partial charge < -0.3 is 5.11 Å². The number of aromatic nitrogens is 1. The van der Waals surface area contributed by atoms with Gasteiger partial charge >= 0.3 is 0 Å². The van der Waals surface area contributed by atoms with Crippen LogP contribution in [0.3, 0.4) is 0 Å². The third kappa shape index (κ3) is 2.77. The Labute approximate surface area is 75.0 Å². The van der Waals surface area contributed by atoms with Gasteiger partial charge in [0.2, 0.25) is 0 Å². The molecule has 1 unspecified atom stereocenters. The Hall–Kier alpha value is -0.120. The van der Waals surface area contributed by atoms with E-state index in [1.165, 1.54) is 11.5 Å². The molecule has 1 rings (SSSR count). The minimum atomic E-state index is -0.431. The van der Waals surface area contributed by atoms with Gasteiger partial charge in [-0.25, -0.2) is 0 Å². The highest BCUT2D eigenvalue weighted by Crippen LogP contribution is 2.17. The van der Waals surface area contributed by atoms with E-state index in [4.69, 9.17) is 11.6 Å². The average Bonchev–Trinajstić information content (AvgIpc) is 2.52. The smallest absolute Gasteiger partial charge is 0.0971 e. The molecule has 0 spiro atoms. The Bertz CT molecular complexity index is 190. The van der Waals surface area contributed by atoms with Gasteiger partial charge in [0.15, 0.2) is 0 Å². The molecule has 1 atom stereocenters. The van der Waals surface area contributed by atoms with Crippen molar-refractivity contribution in [2.24, 2.45) is 0 Å². The molecule has 0 aliphatic heterocycles. The van der Waals surface area contributed by atoms with E-state index >= 15 is 0 Å². The van der Waals surface area contributed by atoms with Gasteiger partial charge in [-0.15, -0.1) is 11.6 Å². The van der Waals surface area contributed by atoms with Crippen molar-refractivity contribution in [3.05, 3.63) is 17.1 Å². The first-order valence-electron chi connectivity index (χ1n) is 3.49. The van der Waals surface area contributed by atoms with E-state index < -0.39 is 6.10 Å². The SMILES string of the molecule is OC(CCCCl)c1ccsn1. The van der Waals surface area contributed by atoms with E-state index in [-0.39, 0.29) is 0 Å². The first kappa shape index (κ1) is 8.97. The Morgan fingerprint density at radius 1 is 1.73 bits per heavy atom. The molecule has 1 aromatic rings. The summed E-state index contributed by atoms with van der Waals surface area (Å²) in [5.74, 6) is 0.598. The van der Waals surface area contributed by atoms with Gasteiger partial charge in [0.25, 0.3) is 0 Å². The van der Waals surface area contributed by atoms with Crippen LogP contribution in [-0.4, -0.2) is 15.4 Å². The molecule has 0 amide bonds. The summed E-state index contributed by atoms with van der Waals surface area (Å²) in [4.78, 5) is 0. The molecule has 4 heteroatoms. The molecule has 11 heavy (non-hydrogen) atoms. The number of hydrogen-bond acceptors (Lipinski definition) is 3. The predicted molar refractivity (Wildman–Crippen MR) is 47.0 cm³/mol. The molecule has 2 nitrogen and oxygen atoms in total. The number of rotatable bonds is 4. The van der Waals surface area contributed by atoms with E-state index in [2.05, 4.69) is 4.37 Å². The Balaban J connectivity index is 2.36. The molecule has 0 saturated carbocycles. The topological polar surface area (TPSA) is 33.1 Å². The molecule has 1 heterocycles. The van der Waals surface area contributed by atoms with Gasteiger partial charge in [0, 0.05) is 11.3 Å². The fourth-order valence-electron chi connectivity index (χ4n) is 0.812. The highest BCUT2D eigenvalue weighted by molar-refractivity contribution is 7.03. The van der Waals surface area contributed by atoms with Gasteiger partial charge in [-0.1, -0.05) is 0 Å². The maximum atomic E-state index is 9.43. The van der Waals surface area contributed by atoms with E-state index in [1.807, 2.05) is 11.4 Å². The van der Waals surface area contributed by atoms with Gasteiger partial charge in [-0.05, 0) is 30.4 Å². The summed E-state index contributed by atoms with van der Waals surface area (Å²) in [7, 11) is 0. The second kappa shape index (κ2) is 4.70. The van der Waals surface area contributed by atoms with Gasteiger partial charge in [0.1, 0.15) is 0 Å². The Morgan fingerprint density at radius 3 is 3.09 bits per heavy atom. The molecule has 0 radical (unpaired) electrons. The van der Waals surface area contributed by atoms with Crippen LogP contribution in [-0.2, 0) is 0 Å². The second-order valence-electron chi connectivity index (χ2n) is 2.27. The lowest BCUT2D eigenvalue weighted by Gasteiger charge is -2.04. The minimum absolute atomic E-state index is 0.431. The third-order valence-electron chi connectivity index (χ3n) is 1.41. The van der Waals surface area contributed by atoms with Crippen LogP contribution in [0.4, 0.5) is 0 Å². The number of halogens is 1. The quantitative estimate of drug-likeness (QED) is 0.741. The summed E-state index contributed by atoms with van der Waals surface area (Å²) in [5, 5.41) is 11.3. The lowest BCUT2D eigenvalue weighted by Crippen LogP contribution is -1.97. The normalized spacial score (nSPS) is 13.3. The van der Waals surface area contributed by atoms with E-state index in [0.717, 1.165) is 12.1 Å². The van der Waals surface area contributed by atoms with Crippen molar-refractivity contribution in [3.8, 4) is 0 Å². The van der Waals surface area contributed by atoms with Crippen LogP contribution in [0.15, 0.2) is 11.4 Å². The monoisotopic (exact) mass is 191 g/mol. The van der Waals surface area contributed by atoms with Crippen LogP contribution in [0, 0.1) is 0 Å². The maximum absolute atomic E-state index is 9.43. The summed E-state index contributed by atoms with van der Waals surface area (Å²) in [6, 6.07) is 1.84. The van der Waals surface area contributed by atoms with Crippen LogP contribution < -0.4 is 0 Å². The van der Waals surface area contributed by atoms with Crippen molar-refractivity contribution in [2.45, 2.75) is 18.9 Å². The van der Waals surface area contributed by atoms with Crippen LogP contribution in [0.5, 0.6) is 0 Å². The molecule has 0 bridgehead atoms. The zero-order chi connectivity index (χ0) is 8.10. The lowest BCUT2D eigenvalue weighted by molar-refractivity contribution is 0.163. The lowest BCUT2D eigenvalue weighted by atomic mass is 10.1. The highest BCUT2D eigenvalue weighted by atomic mass is 35.5. The maximum Gasteiger partial charge on any atom is 0.0971 e. The summed E-state index contributed by atoms with van der Waals surface area (Å²) in [6.45, 7) is 0. The standard InChI is InChI=1S/C7H10ClNOS/c8-4-1-2-7(10)6-3-5-11-9-6/h3,5,7,10H,1-2,4H2. The first-order chi connectivity index (χ1) is 5.34. The number of hydrogen-bond donors (Lipinski definition) is 1. The molecular weight excluding hydrogens is 182 g/mol. The van der Waals surface area contributed by atoms with Crippen molar-refractivity contribution in [2.75, 3.05) is 5.88 Å². The molecule has 0 saturated heterocycles. The molecule has 0 aliphatic carbocycles. The fourth-order valence-corrected chi connectivity index (χ4v) is 1.53. The number of alkyl halides is 1. The van der Waals surface area contributed by atoms with Crippen LogP contribution in [0.25, 0.3) is 0 Å². The minimum Gasteiger partial charge on any atom is -0.387 e. The fraction of sp³-hybridized carbons (Fsp3) is 0.571.